The zero-order chi connectivity index (χ0) is 13.8. The molecule has 1 rings (SSSR count). The quantitative estimate of drug-likeness (QED) is 0.781. The normalized spacial score (nSPS) is 29.6. The van der Waals surface area contributed by atoms with Gasteiger partial charge in [-0.3, -0.25) is 4.79 Å². The summed E-state index contributed by atoms with van der Waals surface area (Å²) in [4.78, 5) is 23.4. The molecule has 1 aliphatic carbocycles. The van der Waals surface area contributed by atoms with E-state index in [1.165, 1.54) is 7.11 Å². The van der Waals surface area contributed by atoms with Crippen LogP contribution in [0, 0.1) is 11.8 Å². The van der Waals surface area contributed by atoms with E-state index in [-0.39, 0.29) is 11.8 Å². The molecule has 1 atom stereocenters. The van der Waals surface area contributed by atoms with Gasteiger partial charge < -0.3 is 15.2 Å². The molecule has 104 valence electrons. The number of rotatable bonds is 5. The number of amides is 1. The molecule has 5 heteroatoms. The van der Waals surface area contributed by atoms with Gasteiger partial charge in [-0.05, 0) is 31.6 Å². The minimum Gasteiger partial charge on any atom is -0.480 e. The van der Waals surface area contributed by atoms with Crippen molar-refractivity contribution in [3.8, 4) is 0 Å². The van der Waals surface area contributed by atoms with E-state index in [0.29, 0.717) is 25.4 Å². The number of carbonyl (C=O) groups is 2. The smallest absolute Gasteiger partial charge is 0.329 e. The van der Waals surface area contributed by atoms with Crippen LogP contribution in [0.15, 0.2) is 0 Å². The van der Waals surface area contributed by atoms with Crippen LogP contribution < -0.4 is 5.32 Å². The van der Waals surface area contributed by atoms with Crippen LogP contribution in [-0.4, -0.2) is 36.2 Å². The number of methoxy groups -OCH3 is 1. The number of hydrogen-bond donors (Lipinski definition) is 2. The predicted octanol–water partition coefficient (Wildman–Crippen LogP) is 1.42. The van der Waals surface area contributed by atoms with Crippen molar-refractivity contribution in [3.05, 3.63) is 0 Å². The van der Waals surface area contributed by atoms with E-state index in [0.717, 1.165) is 12.8 Å². The molecule has 1 amide bonds. The Balaban J connectivity index is 2.69. The third-order valence-electron chi connectivity index (χ3n) is 3.76. The Kier molecular flexibility index (Phi) is 5.14. The highest BCUT2D eigenvalue weighted by Crippen LogP contribution is 2.32. The molecule has 0 bridgehead atoms. The monoisotopic (exact) mass is 257 g/mol. The second kappa shape index (κ2) is 6.18. The first kappa shape index (κ1) is 15.0. The van der Waals surface area contributed by atoms with Crippen LogP contribution in [0.3, 0.4) is 0 Å². The molecule has 1 fully saturated rings. The first-order valence-corrected chi connectivity index (χ1v) is 6.45. The minimum absolute atomic E-state index is 0.242. The number of carboxylic acids is 1. The standard InChI is InChI=1S/C13H23NO4/c1-9-4-6-13(7-5-9,12(16)17)14-11(15)10(2)8-18-3/h9-10H,4-8H2,1-3H3,(H,14,15)(H,16,17). The highest BCUT2D eigenvalue weighted by molar-refractivity contribution is 5.88. The Morgan fingerprint density at radius 1 is 1.44 bits per heavy atom. The fourth-order valence-electron chi connectivity index (χ4n) is 2.33. The molecular weight excluding hydrogens is 234 g/mol. The Bertz CT molecular complexity index is 308. The van der Waals surface area contributed by atoms with E-state index >= 15 is 0 Å². The highest BCUT2D eigenvalue weighted by atomic mass is 16.5. The van der Waals surface area contributed by atoms with Gasteiger partial charge in [0, 0.05) is 7.11 Å². The first-order chi connectivity index (χ1) is 8.41. The van der Waals surface area contributed by atoms with Gasteiger partial charge in [-0.15, -0.1) is 0 Å². The van der Waals surface area contributed by atoms with E-state index in [4.69, 9.17) is 4.74 Å². The third kappa shape index (κ3) is 3.45. The van der Waals surface area contributed by atoms with Crippen LogP contribution in [0.2, 0.25) is 0 Å². The molecule has 0 aromatic rings. The van der Waals surface area contributed by atoms with Crippen molar-refractivity contribution in [1.29, 1.82) is 0 Å². The molecule has 1 aliphatic rings. The molecule has 0 aromatic carbocycles. The number of nitrogens with one attached hydrogen (secondary N) is 1. The summed E-state index contributed by atoms with van der Waals surface area (Å²) in [5, 5.41) is 12.1. The number of ether oxygens (including phenoxy) is 1. The molecule has 1 unspecified atom stereocenters. The average Bonchev–Trinajstić information content (AvgIpc) is 2.32. The number of carbonyl (C=O) groups excluding carboxylic acids is 1. The largest absolute Gasteiger partial charge is 0.480 e. The topological polar surface area (TPSA) is 75.6 Å². The highest BCUT2D eigenvalue weighted by Gasteiger charge is 2.42. The second-order valence-electron chi connectivity index (χ2n) is 5.42. The lowest BCUT2D eigenvalue weighted by atomic mass is 9.77. The van der Waals surface area contributed by atoms with Gasteiger partial charge in [0.15, 0.2) is 0 Å². The molecule has 0 aromatic heterocycles. The van der Waals surface area contributed by atoms with Crippen molar-refractivity contribution in [1.82, 2.24) is 5.32 Å². The molecule has 1 saturated carbocycles. The first-order valence-electron chi connectivity index (χ1n) is 6.45. The maximum Gasteiger partial charge on any atom is 0.329 e. The Morgan fingerprint density at radius 3 is 2.44 bits per heavy atom. The van der Waals surface area contributed by atoms with Crippen LogP contribution >= 0.6 is 0 Å². The van der Waals surface area contributed by atoms with Gasteiger partial charge in [-0.2, -0.15) is 0 Å². The lowest BCUT2D eigenvalue weighted by Crippen LogP contribution is -2.57. The van der Waals surface area contributed by atoms with Gasteiger partial charge in [0.1, 0.15) is 5.54 Å². The molecule has 2 N–H and O–H groups in total. The second-order valence-corrected chi connectivity index (χ2v) is 5.42. The van der Waals surface area contributed by atoms with Gasteiger partial charge in [0.25, 0.3) is 0 Å². The van der Waals surface area contributed by atoms with Crippen molar-refractivity contribution >= 4 is 11.9 Å². The van der Waals surface area contributed by atoms with Crippen LogP contribution in [0.1, 0.15) is 39.5 Å². The summed E-state index contributed by atoms with van der Waals surface area (Å²) in [6.45, 7) is 4.15. The van der Waals surface area contributed by atoms with Gasteiger partial charge in [-0.25, -0.2) is 4.79 Å². The van der Waals surface area contributed by atoms with Gasteiger partial charge in [0.05, 0.1) is 12.5 Å². The maximum atomic E-state index is 11.9. The van der Waals surface area contributed by atoms with Gasteiger partial charge in [0.2, 0.25) is 5.91 Å². The summed E-state index contributed by atoms with van der Waals surface area (Å²) in [6.07, 6.45) is 2.69. The molecule has 0 saturated heterocycles. The van der Waals surface area contributed by atoms with Gasteiger partial charge in [-0.1, -0.05) is 13.8 Å². The summed E-state index contributed by atoms with van der Waals surface area (Å²) in [5.41, 5.74) is -1.08. The van der Waals surface area contributed by atoms with E-state index in [2.05, 4.69) is 12.2 Å². The van der Waals surface area contributed by atoms with Crippen LogP contribution in [0.25, 0.3) is 0 Å². The number of carboxylic acid groups (broad SMARTS) is 1. The third-order valence-corrected chi connectivity index (χ3v) is 3.76. The van der Waals surface area contributed by atoms with Crippen molar-refractivity contribution in [2.45, 2.75) is 45.1 Å². The van der Waals surface area contributed by atoms with Crippen LogP contribution in [-0.2, 0) is 14.3 Å². The maximum absolute atomic E-state index is 11.9. The van der Waals surface area contributed by atoms with E-state index in [1.54, 1.807) is 6.92 Å². The van der Waals surface area contributed by atoms with E-state index in [9.17, 15) is 14.7 Å². The van der Waals surface area contributed by atoms with Gasteiger partial charge >= 0.3 is 5.97 Å². The van der Waals surface area contributed by atoms with Crippen molar-refractivity contribution in [2.24, 2.45) is 11.8 Å². The van der Waals surface area contributed by atoms with Crippen molar-refractivity contribution < 1.29 is 19.4 Å². The fourth-order valence-corrected chi connectivity index (χ4v) is 2.33. The molecule has 0 radical (unpaired) electrons. The molecular formula is C13H23NO4. The fraction of sp³-hybridized carbons (Fsp3) is 0.846. The Morgan fingerprint density at radius 2 is 2.00 bits per heavy atom. The summed E-state index contributed by atoms with van der Waals surface area (Å²) >= 11 is 0. The van der Waals surface area contributed by atoms with Crippen molar-refractivity contribution in [2.75, 3.05) is 13.7 Å². The van der Waals surface area contributed by atoms with Crippen LogP contribution in [0.4, 0.5) is 0 Å². The summed E-state index contributed by atoms with van der Waals surface area (Å²) in [6, 6.07) is 0. The predicted molar refractivity (Wildman–Crippen MR) is 67.2 cm³/mol. The zero-order valence-electron chi connectivity index (χ0n) is 11.4. The summed E-state index contributed by atoms with van der Waals surface area (Å²) < 4.78 is 4.92. The Hall–Kier alpha value is -1.10. The molecule has 18 heavy (non-hydrogen) atoms. The van der Waals surface area contributed by atoms with Crippen LogP contribution in [0.5, 0.6) is 0 Å². The average molecular weight is 257 g/mol. The van der Waals surface area contributed by atoms with E-state index in [1.807, 2.05) is 0 Å². The molecule has 0 aliphatic heterocycles. The lowest BCUT2D eigenvalue weighted by Gasteiger charge is -2.37. The lowest BCUT2D eigenvalue weighted by molar-refractivity contribution is -0.150. The molecule has 0 spiro atoms. The molecule has 0 heterocycles. The summed E-state index contributed by atoms with van der Waals surface area (Å²) in [5.74, 6) is -0.961. The number of aliphatic carboxylic acids is 1. The zero-order valence-corrected chi connectivity index (χ0v) is 11.4. The SMILES string of the molecule is COCC(C)C(=O)NC1(C(=O)O)CCC(C)CC1. The molecule has 5 nitrogen and oxygen atoms in total. The van der Waals surface area contributed by atoms with Crippen molar-refractivity contribution in [3.63, 3.8) is 0 Å². The summed E-state index contributed by atoms with van der Waals surface area (Å²) in [7, 11) is 1.53. The van der Waals surface area contributed by atoms with E-state index < -0.39 is 11.5 Å². The number of hydrogen-bond acceptors (Lipinski definition) is 3. The Labute approximate surface area is 108 Å². The minimum atomic E-state index is -1.08.